The van der Waals surface area contributed by atoms with Crippen molar-refractivity contribution in [1.82, 2.24) is 39.8 Å². The second-order valence-electron chi connectivity index (χ2n) is 9.01. The number of aryl methyl sites for hydroxylation is 1. The van der Waals surface area contributed by atoms with Gasteiger partial charge in [-0.3, -0.25) is 4.68 Å². The largest absolute Gasteiger partial charge is 0.618 e. The molecule has 5 aromatic rings. The van der Waals surface area contributed by atoms with E-state index in [1.165, 1.54) is 63.9 Å². The molecular weight excluding hydrogens is 617 g/mol. The number of allylic oxidation sites excluding steroid dienone is 2. The van der Waals surface area contributed by atoms with E-state index >= 15 is 4.39 Å². The molecule has 0 spiro atoms. The van der Waals surface area contributed by atoms with Crippen LogP contribution < -0.4 is 10.5 Å². The van der Waals surface area contributed by atoms with Gasteiger partial charge in [0.1, 0.15) is 11.7 Å². The second-order valence-corrected chi connectivity index (χ2v) is 9.80. The van der Waals surface area contributed by atoms with E-state index in [9.17, 15) is 18.4 Å². The number of nitrogens with zero attached hydrogens (tertiary/aromatic N) is 10. The van der Waals surface area contributed by atoms with Crippen molar-refractivity contribution in [2.75, 3.05) is 0 Å². The number of aromatic nitrogens is 9. The third-order valence-electron chi connectivity index (χ3n) is 6.26. The summed E-state index contributed by atoms with van der Waals surface area (Å²) in [5, 5.41) is 32.2. The molecule has 2 N–H and O–H groups in total. The minimum absolute atomic E-state index is 0.0418. The number of nitrogens with two attached hydrogens (primary N) is 1. The summed E-state index contributed by atoms with van der Waals surface area (Å²) in [4.78, 5) is 2.96. The van der Waals surface area contributed by atoms with Crippen molar-refractivity contribution in [2.45, 2.75) is 19.0 Å². The number of hydrogen-bond acceptors (Lipinski definition) is 8. The summed E-state index contributed by atoms with van der Waals surface area (Å²) >= 11 is 12.0. The Morgan fingerprint density at radius 3 is 2.56 bits per heavy atom. The molecule has 4 aromatic heterocycles. The van der Waals surface area contributed by atoms with Gasteiger partial charge in [-0.15, -0.1) is 5.10 Å². The van der Waals surface area contributed by atoms with Gasteiger partial charge in [-0.2, -0.15) is 23.0 Å². The molecule has 0 aliphatic rings. The van der Waals surface area contributed by atoms with Crippen molar-refractivity contribution in [2.24, 2.45) is 17.8 Å². The average Bonchev–Trinajstić information content (AvgIpc) is 3.69. The second kappa shape index (κ2) is 12.2. The Balaban J connectivity index is 1.59. The zero-order valence-electron chi connectivity index (χ0n) is 21.9. The number of hydrogen-bond donors (Lipinski definition) is 1. The smallest absolute Gasteiger partial charge is 0.331 e. The average molecular weight is 636 g/mol. The molecule has 222 valence electrons. The van der Waals surface area contributed by atoms with Crippen LogP contribution in [-0.2, 0) is 7.05 Å². The van der Waals surface area contributed by atoms with Crippen molar-refractivity contribution in [1.29, 1.82) is 0 Å². The summed E-state index contributed by atoms with van der Waals surface area (Å²) in [6, 6.07) is 4.77. The molecule has 0 amide bonds. The van der Waals surface area contributed by atoms with E-state index in [-0.39, 0.29) is 50.5 Å². The highest BCUT2D eigenvalue weighted by Crippen LogP contribution is 2.34. The van der Waals surface area contributed by atoms with Crippen LogP contribution in [0.1, 0.15) is 18.2 Å². The van der Waals surface area contributed by atoms with Gasteiger partial charge in [-0.1, -0.05) is 38.7 Å². The van der Waals surface area contributed by atoms with Crippen molar-refractivity contribution < 1.29 is 22.3 Å². The molecule has 0 unspecified atom stereocenters. The molecule has 0 saturated heterocycles. The number of alkyl halides is 2. The lowest BCUT2D eigenvalue weighted by molar-refractivity contribution is -0.615. The zero-order valence-corrected chi connectivity index (χ0v) is 23.4. The predicted molar refractivity (Wildman–Crippen MR) is 147 cm³/mol. The molecule has 0 bridgehead atoms. The van der Waals surface area contributed by atoms with Gasteiger partial charge in [0.05, 0.1) is 34.2 Å². The van der Waals surface area contributed by atoms with Crippen LogP contribution in [0.2, 0.25) is 10.2 Å². The summed E-state index contributed by atoms with van der Waals surface area (Å²) in [6.07, 6.45) is 7.17. The van der Waals surface area contributed by atoms with Gasteiger partial charge in [-0.05, 0) is 24.3 Å². The summed E-state index contributed by atoms with van der Waals surface area (Å²) in [6.45, 7) is -2.93. The van der Waals surface area contributed by atoms with E-state index in [2.05, 4.69) is 30.7 Å². The molecule has 0 aliphatic heterocycles. The fourth-order valence-electron chi connectivity index (χ4n) is 4.36. The Morgan fingerprint density at radius 2 is 1.91 bits per heavy atom. The maximum Gasteiger partial charge on any atom is 0.331 e. The first-order valence-electron chi connectivity index (χ1n) is 12.2. The van der Waals surface area contributed by atoms with E-state index < -0.39 is 24.4 Å². The van der Waals surface area contributed by atoms with Crippen LogP contribution in [0, 0.1) is 17.0 Å². The van der Waals surface area contributed by atoms with Crippen molar-refractivity contribution in [3.63, 3.8) is 0 Å². The van der Waals surface area contributed by atoms with Crippen LogP contribution in [0.3, 0.4) is 0 Å². The number of aliphatic imine (C=N–C) groups is 1. The summed E-state index contributed by atoms with van der Waals surface area (Å²) in [5.74, 6) is -1.65. The zero-order chi connectivity index (χ0) is 30.8. The molecule has 0 radical (unpaired) electrons. The Morgan fingerprint density at radius 1 is 1.12 bits per heavy atom. The molecular formula is C25H19Cl2F4N11O. The van der Waals surface area contributed by atoms with E-state index in [1.807, 2.05) is 0 Å². The third-order valence-corrected chi connectivity index (χ3v) is 6.72. The third kappa shape index (κ3) is 6.19. The van der Waals surface area contributed by atoms with Gasteiger partial charge in [-0.25, -0.2) is 18.7 Å². The van der Waals surface area contributed by atoms with Crippen LogP contribution in [0.15, 0.2) is 65.8 Å². The minimum atomic E-state index is -2.93. The van der Waals surface area contributed by atoms with E-state index in [1.54, 1.807) is 0 Å². The van der Waals surface area contributed by atoms with Gasteiger partial charge in [0.15, 0.2) is 17.2 Å². The molecule has 0 saturated carbocycles. The molecule has 12 nitrogen and oxygen atoms in total. The minimum Gasteiger partial charge on any atom is -0.618 e. The maximum absolute atomic E-state index is 15.4. The van der Waals surface area contributed by atoms with Crippen LogP contribution >= 0.6 is 23.2 Å². The van der Waals surface area contributed by atoms with Gasteiger partial charge in [0, 0.05) is 43.2 Å². The highest BCUT2D eigenvalue weighted by atomic mass is 35.5. The number of pyridine rings is 1. The number of rotatable bonds is 9. The lowest BCUT2D eigenvalue weighted by atomic mass is 10.0. The van der Waals surface area contributed by atoms with Gasteiger partial charge >= 0.3 is 6.55 Å². The highest BCUT2D eigenvalue weighted by molar-refractivity contribution is 6.31. The fraction of sp³-hybridized carbons (Fsp3) is 0.160. The molecule has 1 atom stereocenters. The lowest BCUT2D eigenvalue weighted by Crippen LogP contribution is -2.36. The standard InChI is InChI=1S/C25H19Cl2F4N11O/c1-39-23(24(29)36-37-39)14-9-34-40(10-14)19(8-15(32)6-7-33-25(30)31)17-4-2-13(11-42(17)43)21-18(5-3-16(26)22(21)28)41-12-20(27)35-38-41/h2-7,9-12,19,25H,8,32H2,1H3/b15-6-,33-7+/t19-/m0/s1. The van der Waals surface area contributed by atoms with E-state index in [4.69, 9.17) is 28.9 Å². The van der Waals surface area contributed by atoms with Crippen molar-refractivity contribution in [3.05, 3.63) is 93.7 Å². The summed E-state index contributed by atoms with van der Waals surface area (Å²) in [5.41, 5.74) is 6.86. The molecule has 4 heterocycles. The fourth-order valence-corrected chi connectivity index (χ4v) is 4.65. The molecule has 1 aromatic carbocycles. The maximum atomic E-state index is 15.4. The van der Waals surface area contributed by atoms with E-state index in [0.29, 0.717) is 10.3 Å². The molecule has 0 aliphatic carbocycles. The van der Waals surface area contributed by atoms with Crippen molar-refractivity contribution in [3.8, 4) is 28.1 Å². The number of halogens is 6. The van der Waals surface area contributed by atoms with Crippen LogP contribution in [0.4, 0.5) is 17.6 Å². The normalized spacial score (nSPS) is 13.0. The van der Waals surface area contributed by atoms with E-state index in [0.717, 1.165) is 18.5 Å². The topological polar surface area (TPSA) is 145 Å². The van der Waals surface area contributed by atoms with Crippen molar-refractivity contribution >= 4 is 29.4 Å². The predicted octanol–water partition coefficient (Wildman–Crippen LogP) is 4.26. The molecule has 5 rings (SSSR count). The quantitative estimate of drug-likeness (QED) is 0.0837. The molecule has 43 heavy (non-hydrogen) atoms. The molecule has 18 heteroatoms. The SMILES string of the molecule is Cn1nnc(F)c1-c1cnn([C@@H](C/C(N)=C/C=N/C(F)F)c2ccc(-c3c(-n4cc(Cl)nn4)ccc(Cl)c3F)c[n+]2[O-])c1. The van der Waals surface area contributed by atoms with Gasteiger partial charge < -0.3 is 10.9 Å². The lowest BCUT2D eigenvalue weighted by Gasteiger charge is -2.18. The van der Waals surface area contributed by atoms with Crippen LogP contribution in [0.5, 0.6) is 0 Å². The Hall–Kier alpha value is -4.83. The summed E-state index contributed by atoms with van der Waals surface area (Å²) in [7, 11) is 1.49. The van der Waals surface area contributed by atoms with Gasteiger partial charge in [0.25, 0.3) is 5.95 Å². The Labute approximate surface area is 249 Å². The Bertz CT molecular complexity index is 1830. The first-order valence-corrected chi connectivity index (χ1v) is 12.9. The first kappa shape index (κ1) is 29.7. The first-order chi connectivity index (χ1) is 20.5. The van der Waals surface area contributed by atoms with Gasteiger partial charge in [0.2, 0.25) is 5.69 Å². The number of benzene rings is 1. The highest BCUT2D eigenvalue weighted by Gasteiger charge is 2.27. The monoisotopic (exact) mass is 635 g/mol. The van der Waals surface area contributed by atoms with Crippen LogP contribution in [-0.4, -0.2) is 52.5 Å². The molecule has 0 fully saturated rings. The Kier molecular flexibility index (Phi) is 8.40. The summed E-state index contributed by atoms with van der Waals surface area (Å²) < 4.78 is 58.9. The van der Waals surface area contributed by atoms with Crippen LogP contribution in [0.25, 0.3) is 28.1 Å².